The summed E-state index contributed by atoms with van der Waals surface area (Å²) in [6, 6.07) is 5.26. The van der Waals surface area contributed by atoms with Gasteiger partial charge in [-0.15, -0.1) is 5.10 Å². The van der Waals surface area contributed by atoms with Crippen molar-refractivity contribution in [3.63, 3.8) is 0 Å². The van der Waals surface area contributed by atoms with Crippen molar-refractivity contribution in [3.8, 4) is 6.07 Å². The Hall–Kier alpha value is -2.82. The maximum Gasteiger partial charge on any atom is 0.252 e. The second kappa shape index (κ2) is 6.09. The van der Waals surface area contributed by atoms with Gasteiger partial charge in [-0.1, -0.05) is 6.07 Å². The molecule has 0 aliphatic carbocycles. The van der Waals surface area contributed by atoms with Crippen molar-refractivity contribution in [2.75, 3.05) is 7.05 Å². The molecule has 0 radical (unpaired) electrons. The van der Waals surface area contributed by atoms with Gasteiger partial charge in [0.2, 0.25) is 5.91 Å². The molecule has 2 aromatic rings. The molecule has 0 aliphatic heterocycles. The highest BCUT2D eigenvalue weighted by Gasteiger charge is 2.16. The van der Waals surface area contributed by atoms with Crippen LogP contribution in [0.5, 0.6) is 0 Å². The number of aromatic nitrogens is 3. The van der Waals surface area contributed by atoms with E-state index in [2.05, 4.69) is 10.1 Å². The molecule has 0 saturated carbocycles. The minimum absolute atomic E-state index is 0.0504. The lowest BCUT2D eigenvalue weighted by molar-refractivity contribution is -0.131. The zero-order valence-electron chi connectivity index (χ0n) is 11.1. The molecule has 1 aromatic heterocycles. The van der Waals surface area contributed by atoms with Gasteiger partial charge in [0.05, 0.1) is 6.54 Å². The van der Waals surface area contributed by atoms with Crippen molar-refractivity contribution in [1.82, 2.24) is 19.7 Å². The first-order chi connectivity index (χ1) is 10.0. The van der Waals surface area contributed by atoms with E-state index in [9.17, 15) is 13.6 Å². The second-order valence-electron chi connectivity index (χ2n) is 4.33. The molecule has 1 heterocycles. The number of nitriles is 1. The first-order valence-electron chi connectivity index (χ1n) is 5.97. The molecule has 1 aromatic carbocycles. The van der Waals surface area contributed by atoms with E-state index in [1.54, 1.807) is 6.07 Å². The third-order valence-electron chi connectivity index (χ3n) is 2.82. The molecule has 0 aliphatic rings. The van der Waals surface area contributed by atoms with Gasteiger partial charge in [0.25, 0.3) is 5.82 Å². The predicted octanol–water partition coefficient (Wildman–Crippen LogP) is 1.09. The summed E-state index contributed by atoms with van der Waals surface area (Å²) in [5.41, 5.74) is -0.176. The number of carbonyl (C=O) groups is 1. The minimum Gasteiger partial charge on any atom is -0.340 e. The fourth-order valence-corrected chi connectivity index (χ4v) is 1.69. The number of rotatable bonds is 4. The van der Waals surface area contributed by atoms with Crippen LogP contribution in [0.1, 0.15) is 11.4 Å². The maximum absolute atomic E-state index is 13.5. The van der Waals surface area contributed by atoms with Gasteiger partial charge in [0.15, 0.2) is 0 Å². The summed E-state index contributed by atoms with van der Waals surface area (Å²) in [7, 11) is 1.43. The van der Waals surface area contributed by atoms with Crippen LogP contribution >= 0.6 is 0 Å². The SMILES string of the molecule is CN(Cc1c(F)cccc1F)C(=O)Cn1cnc(C#N)n1. The molecule has 21 heavy (non-hydrogen) atoms. The van der Waals surface area contributed by atoms with E-state index in [1.807, 2.05) is 0 Å². The van der Waals surface area contributed by atoms with Gasteiger partial charge < -0.3 is 4.90 Å². The number of nitrogens with zero attached hydrogens (tertiary/aromatic N) is 5. The molecule has 0 atom stereocenters. The lowest BCUT2D eigenvalue weighted by Gasteiger charge is -2.17. The molecule has 6 nitrogen and oxygen atoms in total. The Kier molecular flexibility index (Phi) is 4.23. The summed E-state index contributed by atoms with van der Waals surface area (Å²) in [5, 5.41) is 12.3. The van der Waals surface area contributed by atoms with E-state index in [4.69, 9.17) is 5.26 Å². The highest BCUT2D eigenvalue weighted by atomic mass is 19.1. The van der Waals surface area contributed by atoms with Crippen molar-refractivity contribution in [3.05, 3.63) is 47.5 Å². The van der Waals surface area contributed by atoms with Gasteiger partial charge in [0, 0.05) is 12.6 Å². The molecule has 0 bridgehead atoms. The van der Waals surface area contributed by atoms with Gasteiger partial charge >= 0.3 is 0 Å². The first kappa shape index (κ1) is 14.6. The molecule has 108 valence electrons. The van der Waals surface area contributed by atoms with E-state index < -0.39 is 17.5 Å². The molecule has 2 rings (SSSR count). The van der Waals surface area contributed by atoms with Gasteiger partial charge in [-0.05, 0) is 12.1 Å². The van der Waals surface area contributed by atoms with Crippen LogP contribution < -0.4 is 0 Å². The zero-order chi connectivity index (χ0) is 15.4. The minimum atomic E-state index is -0.706. The summed E-state index contributed by atoms with van der Waals surface area (Å²) in [4.78, 5) is 16.8. The third-order valence-corrected chi connectivity index (χ3v) is 2.82. The topological polar surface area (TPSA) is 74.8 Å². The van der Waals surface area contributed by atoms with E-state index in [0.29, 0.717) is 0 Å². The van der Waals surface area contributed by atoms with Crippen molar-refractivity contribution < 1.29 is 13.6 Å². The lowest BCUT2D eigenvalue weighted by Crippen LogP contribution is -2.30. The number of hydrogen-bond donors (Lipinski definition) is 0. The van der Waals surface area contributed by atoms with Crippen LogP contribution in [0.3, 0.4) is 0 Å². The summed E-state index contributed by atoms with van der Waals surface area (Å²) in [6.07, 6.45) is 1.24. The standard InChI is InChI=1S/C13H11F2N5O/c1-19(6-9-10(14)3-2-4-11(9)15)13(21)7-20-8-17-12(5-16)18-20/h2-4,8H,6-7H2,1H3. The fraction of sp³-hybridized carbons (Fsp3) is 0.231. The third kappa shape index (κ3) is 3.39. The largest absolute Gasteiger partial charge is 0.340 e. The van der Waals surface area contributed by atoms with Crippen LogP contribution in [-0.2, 0) is 17.9 Å². The van der Waals surface area contributed by atoms with Crippen molar-refractivity contribution >= 4 is 5.91 Å². The van der Waals surface area contributed by atoms with Crippen LogP contribution in [-0.4, -0.2) is 32.6 Å². The highest BCUT2D eigenvalue weighted by Crippen LogP contribution is 2.14. The molecular formula is C13H11F2N5O. The number of likely N-dealkylation sites (N-methyl/N-ethyl adjacent to an activating group) is 1. The summed E-state index contributed by atoms with van der Waals surface area (Å²) < 4.78 is 28.2. The zero-order valence-corrected chi connectivity index (χ0v) is 11.1. The van der Waals surface area contributed by atoms with Crippen molar-refractivity contribution in [1.29, 1.82) is 5.26 Å². The molecule has 0 unspecified atom stereocenters. The number of halogens is 2. The number of hydrogen-bond acceptors (Lipinski definition) is 4. The average Bonchev–Trinajstić information content (AvgIpc) is 2.90. The Morgan fingerprint density at radius 1 is 1.43 bits per heavy atom. The average molecular weight is 291 g/mol. The molecule has 8 heteroatoms. The van der Waals surface area contributed by atoms with Gasteiger partial charge in [-0.2, -0.15) is 5.26 Å². The Morgan fingerprint density at radius 3 is 2.67 bits per heavy atom. The highest BCUT2D eigenvalue weighted by molar-refractivity contribution is 5.75. The van der Waals surface area contributed by atoms with E-state index >= 15 is 0 Å². The van der Waals surface area contributed by atoms with E-state index in [-0.39, 0.29) is 24.5 Å². The van der Waals surface area contributed by atoms with Gasteiger partial charge in [-0.25, -0.2) is 18.4 Å². The summed E-state index contributed by atoms with van der Waals surface area (Å²) in [5.74, 6) is -1.87. The van der Waals surface area contributed by atoms with Crippen LogP contribution in [0.2, 0.25) is 0 Å². The molecule has 0 saturated heterocycles. The van der Waals surface area contributed by atoms with E-state index in [0.717, 1.165) is 12.1 Å². The lowest BCUT2D eigenvalue weighted by atomic mass is 10.2. The maximum atomic E-state index is 13.5. The summed E-state index contributed by atoms with van der Waals surface area (Å²) in [6.45, 7) is -0.363. The number of amides is 1. The quantitative estimate of drug-likeness (QED) is 0.845. The van der Waals surface area contributed by atoms with Crippen LogP contribution in [0.4, 0.5) is 8.78 Å². The number of carbonyl (C=O) groups excluding carboxylic acids is 1. The predicted molar refractivity (Wildman–Crippen MR) is 67.6 cm³/mol. The van der Waals surface area contributed by atoms with Crippen molar-refractivity contribution in [2.45, 2.75) is 13.1 Å². The molecular weight excluding hydrogens is 280 g/mol. The van der Waals surface area contributed by atoms with E-state index in [1.165, 1.54) is 29.0 Å². The molecule has 0 spiro atoms. The Labute approximate surface area is 119 Å². The van der Waals surface area contributed by atoms with Crippen molar-refractivity contribution in [2.24, 2.45) is 0 Å². The van der Waals surface area contributed by atoms with Crippen LogP contribution in [0.15, 0.2) is 24.5 Å². The van der Waals surface area contributed by atoms with Gasteiger partial charge in [-0.3, -0.25) is 4.79 Å². The monoisotopic (exact) mass is 291 g/mol. The Bertz CT molecular complexity index is 687. The Balaban J connectivity index is 2.04. The smallest absolute Gasteiger partial charge is 0.252 e. The number of benzene rings is 1. The fourth-order valence-electron chi connectivity index (χ4n) is 1.69. The Morgan fingerprint density at radius 2 is 2.10 bits per heavy atom. The van der Waals surface area contributed by atoms with Gasteiger partial charge in [0.1, 0.15) is 30.6 Å². The molecule has 0 fully saturated rings. The molecule has 1 amide bonds. The first-order valence-corrected chi connectivity index (χ1v) is 5.97. The van der Waals surface area contributed by atoms with Crippen LogP contribution in [0, 0.1) is 23.0 Å². The summed E-state index contributed by atoms with van der Waals surface area (Å²) >= 11 is 0. The second-order valence-corrected chi connectivity index (χ2v) is 4.33. The van der Waals surface area contributed by atoms with Crippen LogP contribution in [0.25, 0.3) is 0 Å². The normalized spacial score (nSPS) is 10.2. The molecule has 0 N–H and O–H groups in total.